The number of nitrogens with zero attached hydrogens (tertiary/aromatic N) is 6. The van der Waals surface area contributed by atoms with Gasteiger partial charge in [0.05, 0.1) is 24.8 Å². The zero-order valence-corrected chi connectivity index (χ0v) is 17.9. The molecule has 0 spiro atoms. The van der Waals surface area contributed by atoms with Gasteiger partial charge in [0.2, 0.25) is 0 Å². The van der Waals surface area contributed by atoms with Crippen molar-refractivity contribution in [3.63, 3.8) is 0 Å². The molecule has 9 heteroatoms. The number of aromatic nitrogens is 6. The zero-order valence-electron chi connectivity index (χ0n) is 17.9. The standard InChI is InChI=1S/C22H25N7O2/c1-28-20(11-16(27-28)21-17(30-3)9-6-10-23-21)25-19-12-18(31-14-7-4-5-8-14)15-13-24-29(2)22(15)26-19/h6,9-14H,4-5,7-8H2,1-3H3,(H,25,26). The molecule has 1 aliphatic carbocycles. The zero-order chi connectivity index (χ0) is 21.4. The highest BCUT2D eigenvalue weighted by Gasteiger charge is 2.20. The Kier molecular flexibility index (Phi) is 4.93. The first-order chi connectivity index (χ1) is 15.1. The number of methoxy groups -OCH3 is 1. The minimum Gasteiger partial charge on any atom is -0.494 e. The Bertz CT molecular complexity index is 1220. The van der Waals surface area contributed by atoms with Crippen molar-refractivity contribution in [2.75, 3.05) is 12.4 Å². The van der Waals surface area contributed by atoms with Crippen LogP contribution in [0.3, 0.4) is 0 Å². The molecule has 9 nitrogen and oxygen atoms in total. The number of hydrogen-bond donors (Lipinski definition) is 1. The monoisotopic (exact) mass is 419 g/mol. The molecule has 1 aliphatic rings. The van der Waals surface area contributed by atoms with Crippen molar-refractivity contribution in [1.29, 1.82) is 0 Å². The molecular formula is C22H25N7O2. The number of ether oxygens (including phenoxy) is 2. The lowest BCUT2D eigenvalue weighted by molar-refractivity contribution is 0.213. The van der Waals surface area contributed by atoms with Crippen molar-refractivity contribution >= 4 is 22.7 Å². The summed E-state index contributed by atoms with van der Waals surface area (Å²) in [6.45, 7) is 0. The first kappa shape index (κ1) is 19.3. The van der Waals surface area contributed by atoms with E-state index < -0.39 is 0 Å². The van der Waals surface area contributed by atoms with Gasteiger partial charge in [-0.25, -0.2) is 4.98 Å². The van der Waals surface area contributed by atoms with Crippen LogP contribution in [-0.4, -0.2) is 42.7 Å². The number of aryl methyl sites for hydroxylation is 2. The normalized spacial score (nSPS) is 14.3. The van der Waals surface area contributed by atoms with Crippen molar-refractivity contribution in [3.05, 3.63) is 36.7 Å². The first-order valence-corrected chi connectivity index (χ1v) is 10.4. The Morgan fingerprint density at radius 1 is 1.10 bits per heavy atom. The van der Waals surface area contributed by atoms with Gasteiger partial charge in [0, 0.05) is 32.4 Å². The van der Waals surface area contributed by atoms with Crippen LogP contribution < -0.4 is 14.8 Å². The van der Waals surface area contributed by atoms with Crippen molar-refractivity contribution in [2.45, 2.75) is 31.8 Å². The number of pyridine rings is 2. The average Bonchev–Trinajstić information content (AvgIpc) is 3.50. The second-order valence-electron chi connectivity index (χ2n) is 7.75. The van der Waals surface area contributed by atoms with Gasteiger partial charge in [-0.05, 0) is 37.8 Å². The summed E-state index contributed by atoms with van der Waals surface area (Å²) >= 11 is 0. The van der Waals surface area contributed by atoms with E-state index in [0.29, 0.717) is 23.0 Å². The van der Waals surface area contributed by atoms with Gasteiger partial charge in [-0.3, -0.25) is 14.3 Å². The maximum atomic E-state index is 6.33. The lowest BCUT2D eigenvalue weighted by atomic mass is 10.2. The van der Waals surface area contributed by atoms with Gasteiger partial charge in [-0.2, -0.15) is 10.2 Å². The van der Waals surface area contributed by atoms with Crippen LogP contribution in [0, 0.1) is 0 Å². The largest absolute Gasteiger partial charge is 0.494 e. The van der Waals surface area contributed by atoms with E-state index in [0.717, 1.165) is 35.4 Å². The Morgan fingerprint density at radius 3 is 2.74 bits per heavy atom. The number of nitrogens with one attached hydrogen (secondary N) is 1. The predicted molar refractivity (Wildman–Crippen MR) is 118 cm³/mol. The maximum absolute atomic E-state index is 6.33. The Hall–Kier alpha value is -3.62. The summed E-state index contributed by atoms with van der Waals surface area (Å²) in [5, 5.41) is 13.3. The van der Waals surface area contributed by atoms with Gasteiger partial charge in [0.25, 0.3) is 0 Å². The molecule has 0 unspecified atom stereocenters. The van der Waals surface area contributed by atoms with Gasteiger partial charge in [0.1, 0.15) is 34.5 Å². The fraction of sp³-hybridized carbons (Fsp3) is 0.364. The Balaban J connectivity index is 1.49. The highest BCUT2D eigenvalue weighted by molar-refractivity contribution is 5.84. The molecule has 1 saturated carbocycles. The van der Waals surface area contributed by atoms with Crippen molar-refractivity contribution < 1.29 is 9.47 Å². The molecule has 160 valence electrons. The molecule has 0 aliphatic heterocycles. The summed E-state index contributed by atoms with van der Waals surface area (Å²) in [4.78, 5) is 9.17. The molecule has 4 heterocycles. The number of rotatable bonds is 6. The molecule has 0 atom stereocenters. The quantitative estimate of drug-likeness (QED) is 0.508. The molecule has 0 radical (unpaired) electrons. The number of hydrogen-bond acceptors (Lipinski definition) is 7. The number of fused-ring (bicyclic) bond motifs is 1. The number of anilines is 2. The van der Waals surface area contributed by atoms with E-state index in [9.17, 15) is 0 Å². The lowest BCUT2D eigenvalue weighted by Crippen LogP contribution is -2.11. The van der Waals surface area contributed by atoms with Crippen molar-refractivity contribution in [3.8, 4) is 22.9 Å². The van der Waals surface area contributed by atoms with Crippen LogP contribution in [0.1, 0.15) is 25.7 Å². The Morgan fingerprint density at radius 2 is 1.94 bits per heavy atom. The lowest BCUT2D eigenvalue weighted by Gasteiger charge is -2.15. The summed E-state index contributed by atoms with van der Waals surface area (Å²) in [6.07, 6.45) is 8.39. The third-order valence-electron chi connectivity index (χ3n) is 5.63. The molecule has 4 aromatic rings. The minimum absolute atomic E-state index is 0.249. The van der Waals surface area contributed by atoms with Crippen molar-refractivity contribution in [2.24, 2.45) is 14.1 Å². The first-order valence-electron chi connectivity index (χ1n) is 10.4. The van der Waals surface area contributed by atoms with Crippen LogP contribution in [0.5, 0.6) is 11.5 Å². The topological polar surface area (TPSA) is 91.9 Å². The van der Waals surface area contributed by atoms with Gasteiger partial charge < -0.3 is 14.8 Å². The second-order valence-corrected chi connectivity index (χ2v) is 7.75. The highest BCUT2D eigenvalue weighted by Crippen LogP contribution is 2.33. The fourth-order valence-corrected chi connectivity index (χ4v) is 4.01. The van der Waals surface area contributed by atoms with Crippen LogP contribution in [0.4, 0.5) is 11.6 Å². The highest BCUT2D eigenvalue weighted by atomic mass is 16.5. The summed E-state index contributed by atoms with van der Waals surface area (Å²) < 4.78 is 15.3. The van der Waals surface area contributed by atoms with E-state index in [4.69, 9.17) is 14.5 Å². The molecule has 5 rings (SSSR count). The molecule has 4 aromatic heterocycles. The van der Waals surface area contributed by atoms with E-state index in [2.05, 4.69) is 20.5 Å². The summed E-state index contributed by atoms with van der Waals surface area (Å²) in [6, 6.07) is 7.58. The molecule has 0 amide bonds. The maximum Gasteiger partial charge on any atom is 0.163 e. The molecule has 1 fully saturated rings. The summed E-state index contributed by atoms with van der Waals surface area (Å²) in [7, 11) is 5.38. The van der Waals surface area contributed by atoms with Crippen LogP contribution >= 0.6 is 0 Å². The SMILES string of the molecule is COc1cccnc1-c1cc(Nc2cc(OC3CCCC3)c3cnn(C)c3n2)n(C)n1. The third-order valence-corrected chi connectivity index (χ3v) is 5.63. The van der Waals surface area contributed by atoms with Gasteiger partial charge >= 0.3 is 0 Å². The van der Waals surface area contributed by atoms with E-state index in [1.54, 1.807) is 22.7 Å². The van der Waals surface area contributed by atoms with Gasteiger partial charge in [-0.1, -0.05) is 0 Å². The van der Waals surface area contributed by atoms with E-state index >= 15 is 0 Å². The molecule has 31 heavy (non-hydrogen) atoms. The third kappa shape index (κ3) is 3.67. The smallest absolute Gasteiger partial charge is 0.163 e. The second kappa shape index (κ2) is 7.90. The summed E-state index contributed by atoms with van der Waals surface area (Å²) in [5.74, 6) is 2.94. The van der Waals surface area contributed by atoms with Crippen molar-refractivity contribution in [1.82, 2.24) is 29.5 Å². The molecule has 1 N–H and O–H groups in total. The Labute approximate surface area is 180 Å². The minimum atomic E-state index is 0.249. The van der Waals surface area contributed by atoms with Crippen LogP contribution in [0.15, 0.2) is 36.7 Å². The fourth-order valence-electron chi connectivity index (χ4n) is 4.01. The molecule has 0 saturated heterocycles. The summed E-state index contributed by atoms with van der Waals surface area (Å²) in [5.41, 5.74) is 2.17. The predicted octanol–water partition coefficient (Wildman–Crippen LogP) is 3.84. The van der Waals surface area contributed by atoms with E-state index in [-0.39, 0.29) is 6.10 Å². The van der Waals surface area contributed by atoms with Gasteiger partial charge in [-0.15, -0.1) is 0 Å². The van der Waals surface area contributed by atoms with Crippen LogP contribution in [-0.2, 0) is 14.1 Å². The van der Waals surface area contributed by atoms with E-state index in [1.807, 2.05) is 44.6 Å². The molecule has 0 aromatic carbocycles. The molecular weight excluding hydrogens is 394 g/mol. The average molecular weight is 419 g/mol. The van der Waals surface area contributed by atoms with E-state index in [1.165, 1.54) is 12.8 Å². The molecule has 0 bridgehead atoms. The van der Waals surface area contributed by atoms with Crippen LogP contribution in [0.25, 0.3) is 22.4 Å². The van der Waals surface area contributed by atoms with Crippen LogP contribution in [0.2, 0.25) is 0 Å². The van der Waals surface area contributed by atoms with Gasteiger partial charge in [0.15, 0.2) is 5.65 Å².